The van der Waals surface area contributed by atoms with E-state index in [9.17, 15) is 0 Å². The lowest BCUT2D eigenvalue weighted by Gasteiger charge is -1.98. The smallest absolute Gasteiger partial charge is 0.0573 e. The van der Waals surface area contributed by atoms with E-state index in [2.05, 4.69) is 71.4 Å². The number of aromatic nitrogens is 1. The maximum atomic E-state index is 4.49. The van der Waals surface area contributed by atoms with Crippen LogP contribution in [0.4, 0.5) is 0 Å². The van der Waals surface area contributed by atoms with Crippen molar-refractivity contribution in [2.24, 2.45) is 12.0 Å². The first-order chi connectivity index (χ1) is 10.3. The van der Waals surface area contributed by atoms with E-state index in [1.165, 1.54) is 22.0 Å². The van der Waals surface area contributed by atoms with Gasteiger partial charge in [0.1, 0.15) is 0 Å². The molecule has 0 aliphatic rings. The van der Waals surface area contributed by atoms with Crippen LogP contribution in [0.3, 0.4) is 0 Å². The van der Waals surface area contributed by atoms with Crippen molar-refractivity contribution in [1.29, 1.82) is 0 Å². The molecule has 2 nitrogen and oxygen atoms in total. The summed E-state index contributed by atoms with van der Waals surface area (Å²) in [5.41, 5.74) is 3.61. The average molecular weight is 311 g/mol. The van der Waals surface area contributed by atoms with E-state index >= 15 is 0 Å². The molecule has 1 heterocycles. The van der Waals surface area contributed by atoms with Gasteiger partial charge in [-0.1, -0.05) is 54.6 Å². The monoisotopic (exact) mass is 310 g/mol. The quantitative estimate of drug-likeness (QED) is 0.620. The molecule has 0 saturated carbocycles. The van der Waals surface area contributed by atoms with E-state index in [0.29, 0.717) is 6.54 Å². The summed E-state index contributed by atoms with van der Waals surface area (Å²) in [5, 5.41) is 1.25. The Morgan fingerprint density at radius 1 is 1.00 bits per heavy atom. The fourth-order valence-corrected chi connectivity index (χ4v) is 2.40. The summed E-state index contributed by atoms with van der Waals surface area (Å²) in [6, 6.07) is 18.7. The molecule has 0 atom stereocenters. The molecule has 0 aliphatic heterocycles. The number of hydrogen-bond acceptors (Lipinski definition) is 1. The topological polar surface area (TPSA) is 17.3 Å². The fourth-order valence-electron chi connectivity index (χ4n) is 2.40. The van der Waals surface area contributed by atoms with E-state index in [1.54, 1.807) is 0 Å². The molecule has 0 spiro atoms. The van der Waals surface area contributed by atoms with E-state index in [0.717, 1.165) is 0 Å². The van der Waals surface area contributed by atoms with Crippen molar-refractivity contribution in [2.75, 3.05) is 6.54 Å². The summed E-state index contributed by atoms with van der Waals surface area (Å²) in [5.74, 6) is 0. The molecule has 0 bridgehead atoms. The summed E-state index contributed by atoms with van der Waals surface area (Å²) in [4.78, 5) is 4.49. The van der Waals surface area contributed by atoms with Gasteiger partial charge >= 0.3 is 0 Å². The minimum Gasteiger partial charge on any atom is -0.351 e. The van der Waals surface area contributed by atoms with Crippen LogP contribution in [0.1, 0.15) is 11.1 Å². The first-order valence-electron chi connectivity index (χ1n) is 7.10. The van der Waals surface area contributed by atoms with Crippen molar-refractivity contribution < 1.29 is 0 Å². The van der Waals surface area contributed by atoms with E-state index < -0.39 is 0 Å². The van der Waals surface area contributed by atoms with Gasteiger partial charge in [-0.15, -0.1) is 12.4 Å². The van der Waals surface area contributed by atoms with Gasteiger partial charge < -0.3 is 4.57 Å². The van der Waals surface area contributed by atoms with Gasteiger partial charge in [0.2, 0.25) is 0 Å². The Morgan fingerprint density at radius 2 is 1.82 bits per heavy atom. The molecule has 0 saturated heterocycles. The molecular weight excluding hydrogens is 292 g/mol. The van der Waals surface area contributed by atoms with Gasteiger partial charge in [-0.05, 0) is 17.7 Å². The number of hydrogen-bond donors (Lipinski definition) is 0. The number of fused-ring (bicyclic) bond motifs is 1. The molecule has 0 radical (unpaired) electrons. The van der Waals surface area contributed by atoms with Crippen molar-refractivity contribution in [1.82, 2.24) is 4.57 Å². The van der Waals surface area contributed by atoms with Crippen LogP contribution < -0.4 is 0 Å². The zero-order chi connectivity index (χ0) is 14.5. The Kier molecular flexibility index (Phi) is 5.56. The molecule has 0 amide bonds. The Bertz CT molecular complexity index is 786. The molecule has 3 aromatic rings. The average Bonchev–Trinajstić information content (AvgIpc) is 2.90. The zero-order valence-corrected chi connectivity index (χ0v) is 13.3. The third kappa shape index (κ3) is 3.66. The fraction of sp³-hybridized carbons (Fsp3) is 0.105. The van der Waals surface area contributed by atoms with Gasteiger partial charge in [0.25, 0.3) is 0 Å². The molecular formula is C19H19ClN2. The first-order valence-corrected chi connectivity index (χ1v) is 7.10. The maximum Gasteiger partial charge on any atom is 0.0573 e. The minimum atomic E-state index is 0. The van der Waals surface area contributed by atoms with Crippen molar-refractivity contribution in [3.63, 3.8) is 0 Å². The molecule has 1 aromatic heterocycles. The lowest BCUT2D eigenvalue weighted by atomic mass is 10.1. The van der Waals surface area contributed by atoms with Crippen LogP contribution in [-0.2, 0) is 7.05 Å². The van der Waals surface area contributed by atoms with Crippen LogP contribution in [-0.4, -0.2) is 17.3 Å². The van der Waals surface area contributed by atoms with Crippen LogP contribution in [0.5, 0.6) is 0 Å². The second kappa shape index (κ2) is 7.62. The van der Waals surface area contributed by atoms with E-state index in [-0.39, 0.29) is 12.4 Å². The minimum absolute atomic E-state index is 0. The Labute approximate surface area is 137 Å². The number of aryl methyl sites for hydroxylation is 1. The van der Waals surface area contributed by atoms with Gasteiger partial charge in [0, 0.05) is 35.9 Å². The third-order valence-corrected chi connectivity index (χ3v) is 3.51. The second-order valence-electron chi connectivity index (χ2n) is 5.01. The zero-order valence-electron chi connectivity index (χ0n) is 12.5. The summed E-state index contributed by atoms with van der Waals surface area (Å²) in [7, 11) is 2.06. The van der Waals surface area contributed by atoms with Crippen LogP contribution >= 0.6 is 12.4 Å². The molecule has 22 heavy (non-hydrogen) atoms. The lowest BCUT2D eigenvalue weighted by Crippen LogP contribution is -1.87. The number of nitrogens with zero attached hydrogens (tertiary/aromatic N) is 2. The van der Waals surface area contributed by atoms with Gasteiger partial charge in [-0.25, -0.2) is 0 Å². The second-order valence-corrected chi connectivity index (χ2v) is 5.01. The maximum absolute atomic E-state index is 4.49. The number of rotatable bonds is 4. The number of aliphatic imine (C=N–C) groups is 1. The number of benzene rings is 2. The lowest BCUT2D eigenvalue weighted by molar-refractivity contribution is 0.969. The molecule has 3 heteroatoms. The highest BCUT2D eigenvalue weighted by Crippen LogP contribution is 2.17. The van der Waals surface area contributed by atoms with Crippen molar-refractivity contribution in [2.45, 2.75) is 0 Å². The largest absolute Gasteiger partial charge is 0.351 e. The molecule has 2 aromatic carbocycles. The third-order valence-electron chi connectivity index (χ3n) is 3.51. The van der Waals surface area contributed by atoms with Gasteiger partial charge in [-0.2, -0.15) is 0 Å². The Balaban J connectivity index is 0.00000176. The highest BCUT2D eigenvalue weighted by atomic mass is 35.5. The van der Waals surface area contributed by atoms with Gasteiger partial charge in [0.05, 0.1) is 6.54 Å². The summed E-state index contributed by atoms with van der Waals surface area (Å²) in [6.07, 6.45) is 8.21. The van der Waals surface area contributed by atoms with E-state index in [4.69, 9.17) is 0 Å². The Hall–Kier alpha value is -2.32. The molecule has 0 unspecified atom stereocenters. The van der Waals surface area contributed by atoms with Gasteiger partial charge in [-0.3, -0.25) is 4.99 Å². The predicted molar refractivity (Wildman–Crippen MR) is 98.1 cm³/mol. The molecule has 0 fully saturated rings. The summed E-state index contributed by atoms with van der Waals surface area (Å²) < 4.78 is 2.13. The molecule has 0 N–H and O–H groups in total. The summed E-state index contributed by atoms with van der Waals surface area (Å²) in [6.45, 7) is 0.693. The van der Waals surface area contributed by atoms with Crippen molar-refractivity contribution >= 4 is 35.6 Å². The van der Waals surface area contributed by atoms with E-state index in [1.807, 2.05) is 24.4 Å². The predicted octanol–water partition coefficient (Wildman–Crippen LogP) is 4.73. The number of halogens is 1. The van der Waals surface area contributed by atoms with Gasteiger partial charge in [0.15, 0.2) is 0 Å². The normalized spacial score (nSPS) is 11.3. The molecule has 0 aliphatic carbocycles. The highest BCUT2D eigenvalue weighted by molar-refractivity contribution is 5.98. The van der Waals surface area contributed by atoms with Crippen LogP contribution in [0, 0.1) is 0 Å². The standard InChI is InChI=1S/C19H18N2.ClH/c1-21-14-12-18-17(10-5-11-19(18)21)15-20-13-6-9-16-7-3-2-4-8-16;/h2-12,14-15H,13H2,1H3;1H/b9-6+,20-15?;. The van der Waals surface area contributed by atoms with Crippen molar-refractivity contribution in [3.05, 3.63) is 78.0 Å². The van der Waals surface area contributed by atoms with Crippen LogP contribution in [0.15, 0.2) is 71.9 Å². The Morgan fingerprint density at radius 3 is 2.64 bits per heavy atom. The first kappa shape index (κ1) is 16.1. The highest BCUT2D eigenvalue weighted by Gasteiger charge is 2.00. The van der Waals surface area contributed by atoms with Crippen molar-refractivity contribution in [3.8, 4) is 0 Å². The molecule has 3 rings (SSSR count). The van der Waals surface area contributed by atoms with Crippen LogP contribution in [0.25, 0.3) is 17.0 Å². The summed E-state index contributed by atoms with van der Waals surface area (Å²) >= 11 is 0. The molecule has 112 valence electrons. The SMILES string of the molecule is Cl.Cn1ccc2c(C=NC/C=C/c3ccccc3)cccc21. The van der Waals surface area contributed by atoms with Crippen LogP contribution in [0.2, 0.25) is 0 Å².